The average molecular weight is 726 g/mol. The van der Waals surface area contributed by atoms with Crippen LogP contribution >= 0.6 is 0 Å². The molecule has 10 aromatic carbocycles. The first kappa shape index (κ1) is 34.0. The van der Waals surface area contributed by atoms with E-state index in [1.165, 1.54) is 49.4 Å². The Morgan fingerprint density at radius 1 is 0.246 bits per heavy atom. The molecule has 0 aliphatic carbocycles. The highest BCUT2D eigenvalue weighted by atomic mass is 15.1. The summed E-state index contributed by atoms with van der Waals surface area (Å²) < 4.78 is 0. The van der Waals surface area contributed by atoms with E-state index in [1.54, 1.807) is 0 Å². The van der Waals surface area contributed by atoms with Gasteiger partial charge in [0.25, 0.3) is 0 Å². The molecule has 0 spiro atoms. The minimum absolute atomic E-state index is 1.09. The Labute approximate surface area is 334 Å². The lowest BCUT2D eigenvalue weighted by atomic mass is 9.84. The van der Waals surface area contributed by atoms with Crippen molar-refractivity contribution in [3.8, 4) is 55.6 Å². The highest BCUT2D eigenvalue weighted by molar-refractivity contribution is 6.22. The molecule has 0 saturated heterocycles. The fraction of sp³-hybridized carbons (Fsp3) is 0. The predicted molar refractivity (Wildman–Crippen MR) is 243 cm³/mol. The standard InChI is InChI=1S/C56H39N/c1-6-21-40(22-7-1)46-31-18-19-36-53(46)57(56-47(41-23-8-2-9-24-41)34-20-35-48(56)42-25-10-3-11-26-42)45-37-38-51-52(39-45)49-32-16-17-33-50(49)54(43-27-12-4-13-28-43)55(51)44-29-14-5-15-30-44/h1-39H. The molecule has 0 unspecified atom stereocenters. The molecule has 0 heterocycles. The smallest absolute Gasteiger partial charge is 0.0618 e. The lowest BCUT2D eigenvalue weighted by Gasteiger charge is -2.32. The highest BCUT2D eigenvalue weighted by Crippen LogP contribution is 2.51. The second-order valence-corrected chi connectivity index (χ2v) is 14.4. The van der Waals surface area contributed by atoms with Gasteiger partial charge in [-0.1, -0.05) is 218 Å². The molecule has 0 bridgehead atoms. The summed E-state index contributed by atoms with van der Waals surface area (Å²) in [6.45, 7) is 0. The molecule has 0 aliphatic rings. The van der Waals surface area contributed by atoms with E-state index >= 15 is 0 Å². The molecule has 1 heteroatoms. The van der Waals surface area contributed by atoms with Gasteiger partial charge in [-0.25, -0.2) is 0 Å². The maximum atomic E-state index is 2.51. The molecule has 0 aromatic heterocycles. The van der Waals surface area contributed by atoms with Gasteiger partial charge in [-0.3, -0.25) is 0 Å². The second kappa shape index (κ2) is 15.0. The summed E-state index contributed by atoms with van der Waals surface area (Å²) in [4.78, 5) is 2.51. The summed E-state index contributed by atoms with van der Waals surface area (Å²) in [5, 5.41) is 4.89. The molecule has 57 heavy (non-hydrogen) atoms. The second-order valence-electron chi connectivity index (χ2n) is 14.4. The molecule has 268 valence electrons. The Morgan fingerprint density at radius 3 is 1.16 bits per heavy atom. The molecule has 10 rings (SSSR count). The molecular formula is C56H39N. The number of fused-ring (bicyclic) bond motifs is 3. The third kappa shape index (κ3) is 6.26. The van der Waals surface area contributed by atoms with E-state index in [1.807, 2.05) is 0 Å². The Kier molecular flexibility index (Phi) is 8.95. The number of anilines is 3. The lowest BCUT2D eigenvalue weighted by molar-refractivity contribution is 1.29. The van der Waals surface area contributed by atoms with E-state index in [4.69, 9.17) is 0 Å². The number of hydrogen-bond acceptors (Lipinski definition) is 1. The van der Waals surface area contributed by atoms with Gasteiger partial charge in [0.05, 0.1) is 11.4 Å². The third-order valence-electron chi connectivity index (χ3n) is 11.1. The maximum absolute atomic E-state index is 2.51. The van der Waals surface area contributed by atoms with Crippen molar-refractivity contribution in [2.24, 2.45) is 0 Å². The van der Waals surface area contributed by atoms with Crippen LogP contribution in [0, 0.1) is 0 Å². The van der Waals surface area contributed by atoms with E-state index in [0.29, 0.717) is 0 Å². The van der Waals surface area contributed by atoms with E-state index in [2.05, 4.69) is 241 Å². The first-order valence-electron chi connectivity index (χ1n) is 19.6. The molecular weight excluding hydrogens is 687 g/mol. The summed E-state index contributed by atoms with van der Waals surface area (Å²) in [5.74, 6) is 0. The SMILES string of the molecule is c1ccc(-c2ccccc2N(c2ccc3c(-c4ccccc4)c(-c4ccccc4)c4ccccc4c3c2)c2c(-c3ccccc3)cccc2-c2ccccc2)cc1. The zero-order valence-corrected chi connectivity index (χ0v) is 31.5. The number of hydrogen-bond donors (Lipinski definition) is 0. The molecule has 10 aromatic rings. The van der Waals surface area contributed by atoms with Crippen molar-refractivity contribution in [3.63, 3.8) is 0 Å². The van der Waals surface area contributed by atoms with E-state index in [-0.39, 0.29) is 0 Å². The maximum Gasteiger partial charge on any atom is 0.0618 e. The van der Waals surface area contributed by atoms with E-state index < -0.39 is 0 Å². The fourth-order valence-corrected chi connectivity index (χ4v) is 8.53. The van der Waals surface area contributed by atoms with Gasteiger partial charge in [0.2, 0.25) is 0 Å². The zero-order valence-electron chi connectivity index (χ0n) is 31.5. The first-order valence-corrected chi connectivity index (χ1v) is 19.6. The highest BCUT2D eigenvalue weighted by Gasteiger charge is 2.25. The minimum Gasteiger partial charge on any atom is -0.309 e. The van der Waals surface area contributed by atoms with Gasteiger partial charge < -0.3 is 4.90 Å². The van der Waals surface area contributed by atoms with Crippen molar-refractivity contribution >= 4 is 38.6 Å². The van der Waals surface area contributed by atoms with Crippen molar-refractivity contribution in [1.29, 1.82) is 0 Å². The van der Waals surface area contributed by atoms with Crippen molar-refractivity contribution in [1.82, 2.24) is 0 Å². The van der Waals surface area contributed by atoms with Crippen LogP contribution in [-0.2, 0) is 0 Å². The predicted octanol–water partition coefficient (Wildman–Crippen LogP) is 15.8. The summed E-state index contributed by atoms with van der Waals surface area (Å²) in [6.07, 6.45) is 0. The topological polar surface area (TPSA) is 3.24 Å². The van der Waals surface area contributed by atoms with Crippen LogP contribution in [0.2, 0.25) is 0 Å². The first-order chi connectivity index (χ1) is 28.3. The van der Waals surface area contributed by atoms with Gasteiger partial charge >= 0.3 is 0 Å². The third-order valence-corrected chi connectivity index (χ3v) is 11.1. The molecule has 0 saturated carbocycles. The molecule has 1 nitrogen and oxygen atoms in total. The molecule has 0 aliphatic heterocycles. The van der Waals surface area contributed by atoms with Gasteiger partial charge in [-0.2, -0.15) is 0 Å². The fourth-order valence-electron chi connectivity index (χ4n) is 8.53. The van der Waals surface area contributed by atoms with Gasteiger partial charge in [-0.15, -0.1) is 0 Å². The number of rotatable bonds is 8. The quantitative estimate of drug-likeness (QED) is 0.141. The van der Waals surface area contributed by atoms with Crippen molar-refractivity contribution in [3.05, 3.63) is 237 Å². The summed E-state index contributed by atoms with van der Waals surface area (Å²) in [7, 11) is 0. The van der Waals surface area contributed by atoms with Crippen LogP contribution < -0.4 is 4.90 Å². The van der Waals surface area contributed by atoms with Crippen LogP contribution in [0.3, 0.4) is 0 Å². The average Bonchev–Trinajstić information content (AvgIpc) is 3.30. The van der Waals surface area contributed by atoms with Crippen LogP contribution in [0.4, 0.5) is 17.1 Å². The molecule has 0 N–H and O–H groups in total. The summed E-state index contributed by atoms with van der Waals surface area (Å²) in [5.41, 5.74) is 15.2. The van der Waals surface area contributed by atoms with Gasteiger partial charge in [-0.05, 0) is 78.7 Å². The molecule has 0 radical (unpaired) electrons. The molecule has 0 atom stereocenters. The van der Waals surface area contributed by atoms with Gasteiger partial charge in [0, 0.05) is 22.4 Å². The van der Waals surface area contributed by atoms with Crippen molar-refractivity contribution < 1.29 is 0 Å². The zero-order chi connectivity index (χ0) is 38.0. The Bertz CT molecular complexity index is 2920. The lowest BCUT2D eigenvalue weighted by Crippen LogP contribution is -2.14. The Balaban J connectivity index is 1.34. The van der Waals surface area contributed by atoms with Crippen LogP contribution in [0.25, 0.3) is 77.2 Å². The number of benzene rings is 10. The Hall–Kier alpha value is -7.48. The van der Waals surface area contributed by atoms with Crippen LogP contribution in [0.1, 0.15) is 0 Å². The van der Waals surface area contributed by atoms with E-state index in [9.17, 15) is 0 Å². The number of para-hydroxylation sites is 2. The van der Waals surface area contributed by atoms with Gasteiger partial charge in [0.1, 0.15) is 0 Å². The van der Waals surface area contributed by atoms with Crippen molar-refractivity contribution in [2.75, 3.05) is 4.90 Å². The summed E-state index contributed by atoms with van der Waals surface area (Å²) in [6, 6.07) is 85.7. The normalized spacial score (nSPS) is 11.2. The van der Waals surface area contributed by atoms with E-state index in [0.717, 1.165) is 44.9 Å². The Morgan fingerprint density at radius 2 is 0.632 bits per heavy atom. The van der Waals surface area contributed by atoms with Crippen LogP contribution in [0.15, 0.2) is 237 Å². The number of nitrogens with zero attached hydrogens (tertiary/aromatic N) is 1. The molecule has 0 fully saturated rings. The largest absolute Gasteiger partial charge is 0.309 e. The van der Waals surface area contributed by atoms with Gasteiger partial charge in [0.15, 0.2) is 0 Å². The minimum atomic E-state index is 1.09. The van der Waals surface area contributed by atoms with Crippen LogP contribution in [-0.4, -0.2) is 0 Å². The monoisotopic (exact) mass is 725 g/mol. The summed E-state index contributed by atoms with van der Waals surface area (Å²) >= 11 is 0. The molecule has 0 amide bonds. The van der Waals surface area contributed by atoms with Crippen molar-refractivity contribution in [2.45, 2.75) is 0 Å². The van der Waals surface area contributed by atoms with Crippen LogP contribution in [0.5, 0.6) is 0 Å².